The molecule has 1 saturated heterocycles. The predicted molar refractivity (Wildman–Crippen MR) is 66.4 cm³/mol. The first-order valence-corrected chi connectivity index (χ1v) is 6.40. The Morgan fingerprint density at radius 2 is 2.38 bits per heavy atom. The minimum absolute atomic E-state index is 0.139. The maximum absolute atomic E-state index is 11.2. The number of nitrogens with zero attached hydrogens (tertiary/aromatic N) is 1. The van der Waals surface area contributed by atoms with Crippen LogP contribution in [0.15, 0.2) is 0 Å². The van der Waals surface area contributed by atoms with Crippen LogP contribution in [0.1, 0.15) is 26.2 Å². The van der Waals surface area contributed by atoms with Crippen molar-refractivity contribution in [3.63, 3.8) is 0 Å². The van der Waals surface area contributed by atoms with E-state index in [-0.39, 0.29) is 5.91 Å². The normalized spacial score (nSPS) is 21.1. The van der Waals surface area contributed by atoms with Crippen molar-refractivity contribution < 1.29 is 4.79 Å². The van der Waals surface area contributed by atoms with Crippen molar-refractivity contribution in [2.24, 2.45) is 5.92 Å². The van der Waals surface area contributed by atoms with Gasteiger partial charge in [-0.2, -0.15) is 0 Å². The number of rotatable bonds is 6. The average Bonchev–Trinajstić information content (AvgIpc) is 2.35. The molecule has 1 fully saturated rings. The Balaban J connectivity index is 2.22. The minimum Gasteiger partial charge on any atom is -0.359 e. The van der Waals surface area contributed by atoms with Crippen LogP contribution in [0, 0.1) is 5.92 Å². The number of hydrogen-bond acceptors (Lipinski definition) is 3. The van der Waals surface area contributed by atoms with Gasteiger partial charge in [0.05, 0.1) is 0 Å². The number of hydrogen-bond donors (Lipinski definition) is 2. The van der Waals surface area contributed by atoms with Gasteiger partial charge in [-0.1, -0.05) is 6.92 Å². The molecule has 1 amide bonds. The molecule has 0 aromatic carbocycles. The molecule has 0 saturated carbocycles. The molecular weight excluding hydrogens is 202 g/mol. The lowest BCUT2D eigenvalue weighted by Gasteiger charge is -2.29. The van der Waals surface area contributed by atoms with Crippen molar-refractivity contribution in [1.29, 1.82) is 0 Å². The molecule has 2 N–H and O–H groups in total. The number of carbonyl (C=O) groups is 1. The van der Waals surface area contributed by atoms with E-state index < -0.39 is 0 Å². The van der Waals surface area contributed by atoms with Crippen molar-refractivity contribution >= 4 is 5.91 Å². The fourth-order valence-electron chi connectivity index (χ4n) is 2.21. The van der Waals surface area contributed by atoms with Gasteiger partial charge in [-0.05, 0) is 38.4 Å². The van der Waals surface area contributed by atoms with Crippen molar-refractivity contribution in [3.8, 4) is 0 Å². The molecule has 1 unspecified atom stereocenters. The third-order valence-corrected chi connectivity index (χ3v) is 3.30. The minimum atomic E-state index is 0.139. The topological polar surface area (TPSA) is 44.4 Å². The summed E-state index contributed by atoms with van der Waals surface area (Å²) in [5.41, 5.74) is 0. The predicted octanol–water partition coefficient (Wildman–Crippen LogP) is 0.444. The van der Waals surface area contributed by atoms with E-state index in [0.29, 0.717) is 6.42 Å². The molecule has 1 aliphatic rings. The number of nitrogens with one attached hydrogen (secondary N) is 2. The average molecular weight is 227 g/mol. The summed E-state index contributed by atoms with van der Waals surface area (Å²) >= 11 is 0. The summed E-state index contributed by atoms with van der Waals surface area (Å²) in [5, 5.41) is 6.10. The Hall–Kier alpha value is -0.610. The van der Waals surface area contributed by atoms with Gasteiger partial charge in [0.25, 0.3) is 0 Å². The molecule has 0 aromatic heterocycles. The number of amides is 1. The highest BCUT2D eigenvalue weighted by atomic mass is 16.1. The van der Waals surface area contributed by atoms with Gasteiger partial charge in [0.2, 0.25) is 5.91 Å². The molecular formula is C12H25N3O. The van der Waals surface area contributed by atoms with E-state index in [4.69, 9.17) is 0 Å². The van der Waals surface area contributed by atoms with Gasteiger partial charge in [0.15, 0.2) is 0 Å². The Kier molecular flexibility index (Phi) is 6.42. The molecule has 1 heterocycles. The summed E-state index contributed by atoms with van der Waals surface area (Å²) in [6.45, 7) is 7.51. The molecule has 0 aliphatic carbocycles. The maximum atomic E-state index is 11.2. The third kappa shape index (κ3) is 4.94. The monoisotopic (exact) mass is 227 g/mol. The van der Waals surface area contributed by atoms with Crippen molar-refractivity contribution in [1.82, 2.24) is 15.5 Å². The summed E-state index contributed by atoms with van der Waals surface area (Å²) in [5.74, 6) is 0.901. The Labute approximate surface area is 98.8 Å². The number of piperidine rings is 1. The molecule has 4 nitrogen and oxygen atoms in total. The summed E-state index contributed by atoms with van der Waals surface area (Å²) < 4.78 is 0. The highest BCUT2D eigenvalue weighted by molar-refractivity contribution is 5.75. The van der Waals surface area contributed by atoms with Crippen LogP contribution in [0.2, 0.25) is 0 Å². The second kappa shape index (κ2) is 7.63. The summed E-state index contributed by atoms with van der Waals surface area (Å²) in [6.07, 6.45) is 3.23. The fourth-order valence-corrected chi connectivity index (χ4v) is 2.21. The Morgan fingerprint density at radius 3 is 2.94 bits per heavy atom. The standard InChI is InChI=1S/C12H25N3O/c1-3-15(8-6-12(16)13-2)10-11-5-4-7-14-9-11/h11,14H,3-10H2,1-2H3,(H,13,16). The zero-order valence-electron chi connectivity index (χ0n) is 10.6. The van der Waals surface area contributed by atoms with Crippen molar-refractivity contribution in [2.45, 2.75) is 26.2 Å². The summed E-state index contributed by atoms with van der Waals surface area (Å²) in [6, 6.07) is 0. The van der Waals surface area contributed by atoms with Crippen LogP contribution in [0.4, 0.5) is 0 Å². The van der Waals surface area contributed by atoms with E-state index in [2.05, 4.69) is 22.5 Å². The lowest BCUT2D eigenvalue weighted by Crippen LogP contribution is -2.39. The maximum Gasteiger partial charge on any atom is 0.221 e. The molecule has 1 aliphatic heterocycles. The smallest absolute Gasteiger partial charge is 0.221 e. The van der Waals surface area contributed by atoms with Crippen LogP contribution in [-0.2, 0) is 4.79 Å². The van der Waals surface area contributed by atoms with Crippen LogP contribution in [0.5, 0.6) is 0 Å². The molecule has 1 atom stereocenters. The number of carbonyl (C=O) groups excluding carboxylic acids is 1. The SMILES string of the molecule is CCN(CCC(=O)NC)CC1CCCNC1. The van der Waals surface area contributed by atoms with Crippen LogP contribution in [-0.4, -0.2) is 50.6 Å². The highest BCUT2D eigenvalue weighted by Gasteiger charge is 2.16. The van der Waals surface area contributed by atoms with E-state index in [1.807, 2.05) is 0 Å². The van der Waals surface area contributed by atoms with Gasteiger partial charge in [-0.3, -0.25) is 4.79 Å². The Bertz CT molecular complexity index is 202. The lowest BCUT2D eigenvalue weighted by molar-refractivity contribution is -0.120. The van der Waals surface area contributed by atoms with E-state index in [9.17, 15) is 4.79 Å². The molecule has 94 valence electrons. The first-order valence-electron chi connectivity index (χ1n) is 6.40. The molecule has 16 heavy (non-hydrogen) atoms. The van der Waals surface area contributed by atoms with Gasteiger partial charge < -0.3 is 15.5 Å². The Morgan fingerprint density at radius 1 is 1.56 bits per heavy atom. The second-order valence-electron chi connectivity index (χ2n) is 4.53. The molecule has 0 aromatic rings. The molecule has 0 spiro atoms. The first kappa shape index (κ1) is 13.5. The zero-order chi connectivity index (χ0) is 11.8. The van der Waals surface area contributed by atoms with Crippen LogP contribution in [0.3, 0.4) is 0 Å². The van der Waals surface area contributed by atoms with E-state index >= 15 is 0 Å². The zero-order valence-corrected chi connectivity index (χ0v) is 10.6. The van der Waals surface area contributed by atoms with E-state index in [1.165, 1.54) is 19.4 Å². The first-order chi connectivity index (χ1) is 7.76. The lowest BCUT2D eigenvalue weighted by atomic mass is 9.99. The largest absolute Gasteiger partial charge is 0.359 e. The highest BCUT2D eigenvalue weighted by Crippen LogP contribution is 2.11. The molecule has 0 radical (unpaired) electrons. The fraction of sp³-hybridized carbons (Fsp3) is 0.917. The van der Waals surface area contributed by atoms with Gasteiger partial charge in [0, 0.05) is 26.6 Å². The van der Waals surface area contributed by atoms with Gasteiger partial charge >= 0.3 is 0 Å². The van der Waals surface area contributed by atoms with Crippen molar-refractivity contribution in [3.05, 3.63) is 0 Å². The van der Waals surface area contributed by atoms with Crippen LogP contribution < -0.4 is 10.6 Å². The molecule has 4 heteroatoms. The second-order valence-corrected chi connectivity index (χ2v) is 4.53. The molecule has 1 rings (SSSR count). The van der Waals surface area contributed by atoms with Gasteiger partial charge in [-0.15, -0.1) is 0 Å². The van der Waals surface area contributed by atoms with Gasteiger partial charge in [-0.25, -0.2) is 0 Å². The van der Waals surface area contributed by atoms with Crippen LogP contribution in [0.25, 0.3) is 0 Å². The van der Waals surface area contributed by atoms with Gasteiger partial charge in [0.1, 0.15) is 0 Å². The van der Waals surface area contributed by atoms with Crippen molar-refractivity contribution in [2.75, 3.05) is 39.8 Å². The quantitative estimate of drug-likeness (QED) is 0.692. The summed E-state index contributed by atoms with van der Waals surface area (Å²) in [4.78, 5) is 13.6. The van der Waals surface area contributed by atoms with Crippen LogP contribution >= 0.6 is 0 Å². The van der Waals surface area contributed by atoms with E-state index in [0.717, 1.165) is 32.1 Å². The molecule has 0 bridgehead atoms. The third-order valence-electron chi connectivity index (χ3n) is 3.30. The summed E-state index contributed by atoms with van der Waals surface area (Å²) in [7, 11) is 1.70. The van der Waals surface area contributed by atoms with E-state index in [1.54, 1.807) is 7.05 Å².